The number of ether oxygens (including phenoxy) is 2. The van der Waals surface area contributed by atoms with E-state index in [1.165, 1.54) is 14.2 Å². The molecule has 0 fully saturated rings. The molecule has 0 radical (unpaired) electrons. The van der Waals surface area contributed by atoms with Crippen LogP contribution in [-0.4, -0.2) is 40.4 Å². The van der Waals surface area contributed by atoms with Gasteiger partial charge in [-0.2, -0.15) is 17.9 Å². The molecule has 11 heteroatoms. The molecule has 27 heavy (non-hydrogen) atoms. The van der Waals surface area contributed by atoms with Gasteiger partial charge < -0.3 is 15.2 Å². The van der Waals surface area contributed by atoms with Gasteiger partial charge in [-0.3, -0.25) is 4.79 Å². The number of hydrogen-bond donors (Lipinski definition) is 2. The van der Waals surface area contributed by atoms with Crippen LogP contribution in [0.5, 0.6) is 0 Å². The molecule has 1 atom stereocenters. The van der Waals surface area contributed by atoms with Crippen molar-refractivity contribution in [3.63, 3.8) is 0 Å². The van der Waals surface area contributed by atoms with E-state index < -0.39 is 57.2 Å². The largest absolute Gasteiger partial charge is 0.416 e. The predicted molar refractivity (Wildman–Crippen MR) is 89.6 cm³/mol. The second kappa shape index (κ2) is 8.71. The minimum absolute atomic E-state index is 0.391. The average molecular weight is 408 g/mol. The smallest absolute Gasteiger partial charge is 0.368 e. The van der Waals surface area contributed by atoms with E-state index in [0.29, 0.717) is 12.1 Å². The summed E-state index contributed by atoms with van der Waals surface area (Å²) in [5, 5.41) is 0. The van der Waals surface area contributed by atoms with Crippen LogP contribution in [0.1, 0.15) is 18.4 Å². The van der Waals surface area contributed by atoms with Crippen molar-refractivity contribution in [1.82, 2.24) is 4.72 Å². The van der Waals surface area contributed by atoms with Crippen LogP contribution in [0.25, 0.3) is 0 Å². The zero-order valence-corrected chi connectivity index (χ0v) is 15.4. The van der Waals surface area contributed by atoms with Crippen molar-refractivity contribution < 1.29 is 35.9 Å². The second-order valence-corrected chi connectivity index (χ2v) is 7.25. The fraction of sp³-hybridized carbons (Fsp3) is 0.438. The summed E-state index contributed by atoms with van der Waals surface area (Å²) in [6.07, 6.45) is -1.43. The van der Waals surface area contributed by atoms with E-state index in [1.807, 2.05) is 4.72 Å². The van der Waals surface area contributed by atoms with Gasteiger partial charge in [-0.05, 0) is 18.2 Å². The van der Waals surface area contributed by atoms with Gasteiger partial charge in [0.15, 0.2) is 6.29 Å². The Kier molecular flexibility index (Phi) is 7.39. The number of nitrogens with one attached hydrogen (secondary N) is 1. The minimum Gasteiger partial charge on any atom is -0.368 e. The number of rotatable bonds is 9. The number of nitrogens with two attached hydrogens (primary N) is 1. The number of primary amides is 1. The highest BCUT2D eigenvalue weighted by molar-refractivity contribution is 7.89. The van der Waals surface area contributed by atoms with Gasteiger partial charge in [-0.25, -0.2) is 8.42 Å². The van der Waals surface area contributed by atoms with Crippen LogP contribution in [0.3, 0.4) is 0 Å². The Morgan fingerprint density at radius 3 is 2.37 bits per heavy atom. The SMILES string of the molecule is C#CC[C@](CC(OC)OC)(NS(=O)(=O)c1cccc(C(F)(F)F)c1)C(N)=O. The van der Waals surface area contributed by atoms with E-state index in [-0.39, 0.29) is 0 Å². The van der Waals surface area contributed by atoms with E-state index in [0.717, 1.165) is 12.1 Å². The number of alkyl halides is 3. The maximum atomic E-state index is 12.9. The molecule has 1 rings (SSSR count). The monoisotopic (exact) mass is 408 g/mol. The number of hydrogen-bond acceptors (Lipinski definition) is 5. The second-order valence-electron chi connectivity index (χ2n) is 5.56. The summed E-state index contributed by atoms with van der Waals surface area (Å²) in [7, 11) is -2.09. The molecule has 0 aliphatic carbocycles. The van der Waals surface area contributed by atoms with Gasteiger partial charge in [0, 0.05) is 27.1 Å². The van der Waals surface area contributed by atoms with Gasteiger partial charge >= 0.3 is 6.18 Å². The van der Waals surface area contributed by atoms with Crippen LogP contribution in [0.4, 0.5) is 13.2 Å². The molecule has 0 unspecified atom stereocenters. The summed E-state index contributed by atoms with van der Waals surface area (Å²) < 4.78 is 75.8. The van der Waals surface area contributed by atoms with Crippen molar-refractivity contribution in [2.75, 3.05) is 14.2 Å². The van der Waals surface area contributed by atoms with Gasteiger partial charge in [0.2, 0.25) is 15.9 Å². The van der Waals surface area contributed by atoms with Crippen molar-refractivity contribution in [2.45, 2.75) is 35.7 Å². The van der Waals surface area contributed by atoms with Crippen LogP contribution < -0.4 is 10.5 Å². The normalized spacial score (nSPS) is 14.6. The van der Waals surface area contributed by atoms with Gasteiger partial charge in [0.1, 0.15) is 5.54 Å². The van der Waals surface area contributed by atoms with E-state index in [2.05, 4.69) is 5.92 Å². The summed E-state index contributed by atoms with van der Waals surface area (Å²) in [4.78, 5) is 11.3. The van der Waals surface area contributed by atoms with Gasteiger partial charge in [-0.15, -0.1) is 12.3 Å². The third-order valence-corrected chi connectivity index (χ3v) is 5.25. The lowest BCUT2D eigenvalue weighted by atomic mass is 9.91. The summed E-state index contributed by atoms with van der Waals surface area (Å²) >= 11 is 0. The Morgan fingerprint density at radius 1 is 1.33 bits per heavy atom. The zero-order chi connectivity index (χ0) is 20.9. The lowest BCUT2D eigenvalue weighted by molar-refractivity contribution is -0.138. The maximum absolute atomic E-state index is 12.9. The van der Waals surface area contributed by atoms with Crippen molar-refractivity contribution >= 4 is 15.9 Å². The molecule has 1 amide bonds. The molecule has 1 aromatic carbocycles. The molecule has 7 nitrogen and oxygen atoms in total. The summed E-state index contributed by atoms with van der Waals surface area (Å²) in [6, 6.07) is 3.03. The van der Waals surface area contributed by atoms with Gasteiger partial charge in [0.25, 0.3) is 0 Å². The van der Waals surface area contributed by atoms with Crippen LogP contribution in [0, 0.1) is 12.3 Å². The third-order valence-electron chi connectivity index (χ3n) is 3.72. The topological polar surface area (TPSA) is 108 Å². The molecule has 0 bridgehead atoms. The van der Waals surface area contributed by atoms with Crippen LogP contribution >= 0.6 is 0 Å². The molecule has 0 heterocycles. The highest BCUT2D eigenvalue weighted by atomic mass is 32.2. The number of carbonyl (C=O) groups is 1. The molecule has 0 aromatic heterocycles. The molecule has 0 saturated heterocycles. The number of terminal acetylenes is 1. The van der Waals surface area contributed by atoms with Crippen molar-refractivity contribution in [3.05, 3.63) is 29.8 Å². The number of sulfonamides is 1. The Labute approximate surface area is 155 Å². The van der Waals surface area contributed by atoms with Crippen molar-refractivity contribution in [1.29, 1.82) is 0 Å². The van der Waals surface area contributed by atoms with E-state index in [9.17, 15) is 26.4 Å². The number of amides is 1. The zero-order valence-electron chi connectivity index (χ0n) is 14.5. The molecule has 1 aromatic rings. The summed E-state index contributed by atoms with van der Waals surface area (Å²) in [5.74, 6) is 1.00. The van der Waals surface area contributed by atoms with Crippen LogP contribution in [0.2, 0.25) is 0 Å². The summed E-state index contributed by atoms with van der Waals surface area (Å²) in [5.41, 5.74) is 2.15. The number of methoxy groups -OCH3 is 2. The van der Waals surface area contributed by atoms with Crippen molar-refractivity contribution in [2.24, 2.45) is 5.73 Å². The average Bonchev–Trinajstić information content (AvgIpc) is 2.58. The third kappa shape index (κ3) is 5.67. The number of halogens is 3. The first-order valence-electron chi connectivity index (χ1n) is 7.42. The molecule has 0 aliphatic rings. The Balaban J connectivity index is 3.38. The fourth-order valence-electron chi connectivity index (χ4n) is 2.27. The lowest BCUT2D eigenvalue weighted by Gasteiger charge is -2.32. The molecule has 150 valence electrons. The lowest BCUT2D eigenvalue weighted by Crippen LogP contribution is -2.59. The predicted octanol–water partition coefficient (Wildman–Crippen LogP) is 1.24. The van der Waals surface area contributed by atoms with E-state index in [1.54, 1.807) is 0 Å². The fourth-order valence-corrected chi connectivity index (χ4v) is 3.69. The number of carbonyl (C=O) groups excluding carboxylic acids is 1. The van der Waals surface area contributed by atoms with Gasteiger partial charge in [-0.1, -0.05) is 6.07 Å². The minimum atomic E-state index is -4.75. The first kappa shape index (κ1) is 22.9. The molecule has 0 saturated carbocycles. The van der Waals surface area contributed by atoms with Crippen LogP contribution in [0.15, 0.2) is 29.2 Å². The first-order chi connectivity index (χ1) is 12.4. The highest BCUT2D eigenvalue weighted by Gasteiger charge is 2.43. The summed E-state index contributed by atoms with van der Waals surface area (Å²) in [6.45, 7) is 0. The molecule has 0 aliphatic heterocycles. The Morgan fingerprint density at radius 2 is 1.93 bits per heavy atom. The molecule has 0 spiro atoms. The highest BCUT2D eigenvalue weighted by Crippen LogP contribution is 2.31. The van der Waals surface area contributed by atoms with E-state index in [4.69, 9.17) is 21.6 Å². The van der Waals surface area contributed by atoms with Crippen molar-refractivity contribution in [3.8, 4) is 12.3 Å². The Hall–Kier alpha value is -2.13. The maximum Gasteiger partial charge on any atom is 0.416 e. The number of benzene rings is 1. The van der Waals surface area contributed by atoms with Gasteiger partial charge in [0.05, 0.1) is 10.5 Å². The van der Waals surface area contributed by atoms with E-state index >= 15 is 0 Å². The van der Waals surface area contributed by atoms with Crippen LogP contribution in [-0.2, 0) is 30.5 Å². The quantitative estimate of drug-likeness (QED) is 0.472. The first-order valence-corrected chi connectivity index (χ1v) is 8.90. The standard InChI is InChI=1S/C16H19F3N2O5S/c1-4-8-15(14(20)22,10-13(25-2)26-3)21-27(23,24)12-7-5-6-11(9-12)16(17,18)19/h1,5-7,9,13,21H,8,10H2,2-3H3,(H2,20,22)/t15-/m1/s1. The molecule has 3 N–H and O–H groups in total. The molecular weight excluding hydrogens is 389 g/mol. The Bertz CT molecular complexity index is 816. The molecular formula is C16H19F3N2O5S.